The smallest absolute Gasteiger partial charge is 0.337 e. The first kappa shape index (κ1) is 18.8. The predicted octanol–water partition coefficient (Wildman–Crippen LogP) is 3.23. The summed E-state index contributed by atoms with van der Waals surface area (Å²) in [5.74, 6) is -1.83. The van der Waals surface area contributed by atoms with E-state index in [9.17, 15) is 14.4 Å². The Morgan fingerprint density at radius 2 is 1.81 bits per heavy atom. The van der Waals surface area contributed by atoms with E-state index < -0.39 is 11.9 Å². The highest BCUT2D eigenvalue weighted by Crippen LogP contribution is 2.24. The van der Waals surface area contributed by atoms with Crippen molar-refractivity contribution in [2.45, 2.75) is 19.8 Å². The Morgan fingerprint density at radius 3 is 2.44 bits per heavy atom. The topological polar surface area (TPSA) is 99.6 Å². The number of rotatable bonds is 4. The van der Waals surface area contributed by atoms with Gasteiger partial charge in [-0.1, -0.05) is 11.6 Å². The van der Waals surface area contributed by atoms with E-state index in [1.54, 1.807) is 17.0 Å². The van der Waals surface area contributed by atoms with E-state index in [1.807, 2.05) is 0 Å². The van der Waals surface area contributed by atoms with E-state index in [1.165, 1.54) is 25.1 Å². The van der Waals surface area contributed by atoms with Crippen molar-refractivity contribution in [3.8, 4) is 0 Å². The number of aryl methyl sites for hydroxylation is 1. The fourth-order valence-electron chi connectivity index (χ4n) is 2.99. The van der Waals surface area contributed by atoms with Gasteiger partial charge in [0.2, 0.25) is 0 Å². The summed E-state index contributed by atoms with van der Waals surface area (Å²) in [7, 11) is 0. The van der Waals surface area contributed by atoms with Gasteiger partial charge in [0.05, 0.1) is 22.5 Å². The van der Waals surface area contributed by atoms with Gasteiger partial charge in [-0.15, -0.1) is 0 Å². The number of hydrogen-bond acceptors (Lipinski definition) is 4. The number of carbonyl (C=O) groups excluding carboxylic acids is 2. The van der Waals surface area contributed by atoms with Crippen LogP contribution in [0, 0.1) is 6.92 Å². The van der Waals surface area contributed by atoms with Crippen LogP contribution in [0.5, 0.6) is 0 Å². The van der Waals surface area contributed by atoms with Crippen molar-refractivity contribution in [2.75, 3.05) is 18.4 Å². The number of hydrogen-bond donors (Lipinski definition) is 2. The molecular weight excluding hydrogens is 370 g/mol. The van der Waals surface area contributed by atoms with Gasteiger partial charge in [0.15, 0.2) is 0 Å². The summed E-state index contributed by atoms with van der Waals surface area (Å²) < 4.78 is 0. The van der Waals surface area contributed by atoms with Gasteiger partial charge >= 0.3 is 5.97 Å². The minimum Gasteiger partial charge on any atom is -0.478 e. The minimum absolute atomic E-state index is 0.0305. The van der Waals surface area contributed by atoms with Gasteiger partial charge in [0.25, 0.3) is 11.8 Å². The second-order valence-electron chi connectivity index (χ2n) is 6.28. The van der Waals surface area contributed by atoms with E-state index in [0.717, 1.165) is 12.8 Å². The molecule has 1 aromatic carbocycles. The Labute approximate surface area is 161 Å². The van der Waals surface area contributed by atoms with Crippen LogP contribution in [-0.2, 0) is 0 Å². The molecule has 8 heteroatoms. The summed E-state index contributed by atoms with van der Waals surface area (Å²) in [5, 5.41) is 12.1. The quantitative estimate of drug-likeness (QED) is 0.838. The van der Waals surface area contributed by atoms with Crippen molar-refractivity contribution < 1.29 is 19.5 Å². The van der Waals surface area contributed by atoms with E-state index in [0.29, 0.717) is 29.4 Å². The van der Waals surface area contributed by atoms with Gasteiger partial charge in [-0.25, -0.2) is 9.78 Å². The van der Waals surface area contributed by atoms with Crippen LogP contribution in [0.4, 0.5) is 5.69 Å². The van der Waals surface area contributed by atoms with Crippen molar-refractivity contribution in [3.05, 3.63) is 57.9 Å². The molecule has 2 aromatic rings. The number of carbonyl (C=O) groups is 3. The van der Waals surface area contributed by atoms with Crippen molar-refractivity contribution in [3.63, 3.8) is 0 Å². The maximum atomic E-state index is 12.7. The maximum absolute atomic E-state index is 12.7. The summed E-state index contributed by atoms with van der Waals surface area (Å²) in [4.78, 5) is 42.1. The first-order chi connectivity index (χ1) is 12.9. The number of likely N-dealkylation sites (tertiary alicyclic amines) is 1. The highest BCUT2D eigenvalue weighted by Gasteiger charge is 2.23. The lowest BCUT2D eigenvalue weighted by Gasteiger charge is -2.18. The summed E-state index contributed by atoms with van der Waals surface area (Å²) in [6.45, 7) is 2.87. The second-order valence-corrected chi connectivity index (χ2v) is 6.71. The van der Waals surface area contributed by atoms with Crippen LogP contribution in [0.3, 0.4) is 0 Å². The first-order valence-corrected chi connectivity index (χ1v) is 8.85. The van der Waals surface area contributed by atoms with Crippen LogP contribution < -0.4 is 5.32 Å². The van der Waals surface area contributed by atoms with Crippen LogP contribution in [0.15, 0.2) is 30.3 Å². The molecule has 7 nitrogen and oxygen atoms in total. The van der Waals surface area contributed by atoms with Crippen molar-refractivity contribution in [1.29, 1.82) is 0 Å². The van der Waals surface area contributed by atoms with Crippen molar-refractivity contribution in [1.82, 2.24) is 9.88 Å². The number of nitrogens with one attached hydrogen (secondary N) is 1. The molecule has 0 unspecified atom stereocenters. The van der Waals surface area contributed by atoms with Crippen LogP contribution in [0.2, 0.25) is 5.02 Å². The second kappa shape index (κ2) is 7.75. The molecule has 1 saturated heterocycles. The standard InChI is InChI=1S/C19H18ClN3O4/c1-11-13(19(26)27)5-7-16(21-11)17(24)22-15-6-4-12(20)10-14(15)18(25)23-8-2-3-9-23/h4-7,10H,2-3,8-9H2,1H3,(H,22,24)(H,26,27). The fourth-order valence-corrected chi connectivity index (χ4v) is 3.16. The zero-order valence-electron chi connectivity index (χ0n) is 14.7. The zero-order valence-corrected chi connectivity index (χ0v) is 15.4. The molecule has 0 atom stereocenters. The third-order valence-electron chi connectivity index (χ3n) is 4.40. The molecule has 140 valence electrons. The van der Waals surface area contributed by atoms with E-state index in [4.69, 9.17) is 16.7 Å². The molecule has 2 heterocycles. The summed E-state index contributed by atoms with van der Waals surface area (Å²) in [6.07, 6.45) is 1.90. The van der Waals surface area contributed by atoms with Gasteiger partial charge in [0, 0.05) is 18.1 Å². The number of carboxylic acid groups (broad SMARTS) is 1. The van der Waals surface area contributed by atoms with Crippen LogP contribution in [0.1, 0.15) is 49.7 Å². The molecule has 1 fully saturated rings. The van der Waals surface area contributed by atoms with Gasteiger partial charge in [0.1, 0.15) is 5.69 Å². The number of anilines is 1. The highest BCUT2D eigenvalue weighted by atomic mass is 35.5. The van der Waals surface area contributed by atoms with Crippen LogP contribution in [-0.4, -0.2) is 45.9 Å². The third kappa shape index (κ3) is 4.09. The normalized spacial score (nSPS) is 13.5. The molecule has 3 rings (SSSR count). The number of benzene rings is 1. The van der Waals surface area contributed by atoms with E-state index in [2.05, 4.69) is 10.3 Å². The lowest BCUT2D eigenvalue weighted by Crippen LogP contribution is -2.29. The Balaban J connectivity index is 1.87. The maximum Gasteiger partial charge on any atom is 0.337 e. The van der Waals surface area contributed by atoms with Crippen molar-refractivity contribution in [2.24, 2.45) is 0 Å². The monoisotopic (exact) mass is 387 g/mol. The number of aromatic nitrogens is 1. The van der Waals surface area contributed by atoms with Gasteiger partial charge in [-0.05, 0) is 50.1 Å². The van der Waals surface area contributed by atoms with E-state index >= 15 is 0 Å². The number of nitrogens with zero attached hydrogens (tertiary/aromatic N) is 2. The minimum atomic E-state index is -1.11. The number of aromatic carboxylic acids is 1. The third-order valence-corrected chi connectivity index (χ3v) is 4.64. The molecule has 0 bridgehead atoms. The van der Waals surface area contributed by atoms with Gasteiger partial charge in [-0.3, -0.25) is 9.59 Å². The molecule has 2 N–H and O–H groups in total. The van der Waals surface area contributed by atoms with E-state index in [-0.39, 0.29) is 22.9 Å². The SMILES string of the molecule is Cc1nc(C(=O)Nc2ccc(Cl)cc2C(=O)N2CCCC2)ccc1C(=O)O. The molecule has 1 aliphatic heterocycles. The number of amides is 2. The Hall–Kier alpha value is -2.93. The average Bonchev–Trinajstić information content (AvgIpc) is 3.16. The largest absolute Gasteiger partial charge is 0.478 e. The molecule has 27 heavy (non-hydrogen) atoms. The summed E-state index contributed by atoms with van der Waals surface area (Å²) in [6, 6.07) is 7.36. The van der Waals surface area contributed by atoms with Crippen LogP contribution >= 0.6 is 11.6 Å². The highest BCUT2D eigenvalue weighted by molar-refractivity contribution is 6.31. The molecule has 0 aliphatic carbocycles. The lowest BCUT2D eigenvalue weighted by atomic mass is 10.1. The van der Waals surface area contributed by atoms with Crippen LogP contribution in [0.25, 0.3) is 0 Å². The first-order valence-electron chi connectivity index (χ1n) is 8.48. The zero-order chi connectivity index (χ0) is 19.6. The number of carboxylic acids is 1. The fraction of sp³-hybridized carbons (Fsp3) is 0.263. The van der Waals surface area contributed by atoms with Crippen molar-refractivity contribution >= 4 is 35.1 Å². The number of halogens is 1. The molecule has 0 saturated carbocycles. The molecule has 1 aromatic heterocycles. The Bertz CT molecular complexity index is 923. The van der Waals surface area contributed by atoms with Gasteiger partial charge < -0.3 is 15.3 Å². The van der Waals surface area contributed by atoms with Gasteiger partial charge in [-0.2, -0.15) is 0 Å². The molecule has 1 aliphatic rings. The molecule has 0 spiro atoms. The predicted molar refractivity (Wildman–Crippen MR) is 100 cm³/mol. The molecule has 0 radical (unpaired) electrons. The summed E-state index contributed by atoms with van der Waals surface area (Å²) >= 11 is 6.04. The molecule has 2 amide bonds. The Morgan fingerprint density at radius 1 is 1.11 bits per heavy atom. The molecular formula is C19H18ClN3O4. The summed E-state index contributed by atoms with van der Waals surface area (Å²) in [5.41, 5.74) is 0.981. The average molecular weight is 388 g/mol. The Kier molecular flexibility index (Phi) is 5.41. The number of pyridine rings is 1. The lowest BCUT2D eigenvalue weighted by molar-refractivity contribution is 0.0694.